The summed E-state index contributed by atoms with van der Waals surface area (Å²) in [7, 11) is 0. The molecule has 1 heteroatoms. The largest absolute Gasteiger partial charge is 0.295 e. The average Bonchev–Trinajstić information content (AvgIpc) is 2.34. The van der Waals surface area contributed by atoms with E-state index in [0.717, 1.165) is 19.3 Å². The first-order chi connectivity index (χ1) is 8.25. The maximum atomic E-state index is 11.6. The van der Waals surface area contributed by atoms with Crippen molar-refractivity contribution < 1.29 is 4.79 Å². The molecule has 0 heterocycles. The van der Waals surface area contributed by atoms with Crippen molar-refractivity contribution in [1.29, 1.82) is 0 Å². The maximum Gasteiger partial charge on any atom is 0.158 e. The minimum absolute atomic E-state index is 0.196. The second-order valence-electron chi connectivity index (χ2n) is 4.63. The Morgan fingerprint density at radius 3 is 2.76 bits per heavy atom. The van der Waals surface area contributed by atoms with E-state index in [1.54, 1.807) is 6.08 Å². The molecule has 88 valence electrons. The van der Waals surface area contributed by atoms with Crippen LogP contribution in [0.15, 0.2) is 42.5 Å². The van der Waals surface area contributed by atoms with Gasteiger partial charge in [-0.2, -0.15) is 0 Å². The lowest BCUT2D eigenvalue weighted by atomic mass is 9.90. The van der Waals surface area contributed by atoms with Crippen LogP contribution in [0.5, 0.6) is 0 Å². The number of hydrogen-bond acceptors (Lipinski definition) is 1. The lowest BCUT2D eigenvalue weighted by Crippen LogP contribution is -2.13. The molecule has 0 aliphatic heterocycles. The summed E-state index contributed by atoms with van der Waals surface area (Å²) >= 11 is 0. The lowest BCUT2D eigenvalue weighted by Gasteiger charge is -2.13. The Morgan fingerprint density at radius 1 is 1.29 bits per heavy atom. The summed E-state index contributed by atoms with van der Waals surface area (Å²) in [5, 5.41) is 0. The van der Waals surface area contributed by atoms with Crippen LogP contribution >= 0.6 is 0 Å². The van der Waals surface area contributed by atoms with E-state index >= 15 is 0 Å². The molecule has 1 aliphatic carbocycles. The molecular weight excluding hydrogens is 208 g/mol. The number of rotatable bonds is 3. The van der Waals surface area contributed by atoms with Crippen molar-refractivity contribution in [1.82, 2.24) is 0 Å². The highest BCUT2D eigenvalue weighted by Gasteiger charge is 2.16. The Kier molecular flexibility index (Phi) is 3.92. The van der Waals surface area contributed by atoms with Gasteiger partial charge in [0.2, 0.25) is 0 Å². The fraction of sp³-hybridized carbons (Fsp3) is 0.312. The van der Waals surface area contributed by atoms with Gasteiger partial charge in [0.1, 0.15) is 0 Å². The predicted molar refractivity (Wildman–Crippen MR) is 71.7 cm³/mol. The molecule has 0 bridgehead atoms. The fourth-order valence-corrected chi connectivity index (χ4v) is 2.06. The third-order valence-electron chi connectivity index (χ3n) is 3.17. The van der Waals surface area contributed by atoms with E-state index in [1.165, 1.54) is 11.1 Å². The molecule has 1 unspecified atom stereocenters. The lowest BCUT2D eigenvalue weighted by molar-refractivity contribution is -0.118. The standard InChI is InChI=1S/C16H18O/c1-13-9-11-14(12-10-13)5-4-7-15-6-2-3-8-16(15)17/h3-5,8-12,15H,2,6-7H2,1H3. The van der Waals surface area contributed by atoms with Crippen LogP contribution in [0.3, 0.4) is 0 Å². The van der Waals surface area contributed by atoms with E-state index < -0.39 is 0 Å². The molecule has 0 spiro atoms. The molecule has 17 heavy (non-hydrogen) atoms. The molecule has 1 aromatic rings. The van der Waals surface area contributed by atoms with Gasteiger partial charge < -0.3 is 0 Å². The molecular formula is C16H18O. The van der Waals surface area contributed by atoms with E-state index in [4.69, 9.17) is 0 Å². The monoisotopic (exact) mass is 226 g/mol. The van der Waals surface area contributed by atoms with Gasteiger partial charge in [0.05, 0.1) is 0 Å². The van der Waals surface area contributed by atoms with Crippen molar-refractivity contribution in [3.63, 3.8) is 0 Å². The van der Waals surface area contributed by atoms with Gasteiger partial charge in [0, 0.05) is 5.92 Å². The van der Waals surface area contributed by atoms with E-state index in [0.29, 0.717) is 0 Å². The molecule has 0 saturated carbocycles. The van der Waals surface area contributed by atoms with Gasteiger partial charge in [0.15, 0.2) is 5.78 Å². The van der Waals surface area contributed by atoms with Crippen molar-refractivity contribution in [2.75, 3.05) is 0 Å². The van der Waals surface area contributed by atoms with Crippen molar-refractivity contribution in [3.8, 4) is 0 Å². The molecule has 0 N–H and O–H groups in total. The van der Waals surface area contributed by atoms with Gasteiger partial charge in [-0.1, -0.05) is 48.1 Å². The van der Waals surface area contributed by atoms with Crippen molar-refractivity contribution >= 4 is 11.9 Å². The Morgan fingerprint density at radius 2 is 2.06 bits per heavy atom. The van der Waals surface area contributed by atoms with Crippen LogP contribution < -0.4 is 0 Å². The SMILES string of the molecule is Cc1ccc(C=CCC2CCC=CC2=O)cc1. The number of allylic oxidation sites excluding steroid dienone is 3. The Labute approximate surface area is 103 Å². The van der Waals surface area contributed by atoms with Crippen LogP contribution in [0.25, 0.3) is 6.08 Å². The Bertz CT molecular complexity index is 437. The first-order valence-electron chi connectivity index (χ1n) is 6.19. The van der Waals surface area contributed by atoms with E-state index in [2.05, 4.69) is 43.3 Å². The molecule has 0 aromatic heterocycles. The summed E-state index contributed by atoms with van der Waals surface area (Å²) in [4.78, 5) is 11.6. The summed E-state index contributed by atoms with van der Waals surface area (Å²) in [6.07, 6.45) is 10.8. The summed E-state index contributed by atoms with van der Waals surface area (Å²) in [6, 6.07) is 8.42. The number of benzene rings is 1. The molecule has 1 aliphatic rings. The molecule has 2 rings (SSSR count). The highest BCUT2D eigenvalue weighted by atomic mass is 16.1. The van der Waals surface area contributed by atoms with E-state index in [1.807, 2.05) is 6.08 Å². The molecule has 1 nitrogen and oxygen atoms in total. The first-order valence-corrected chi connectivity index (χ1v) is 6.19. The summed E-state index contributed by atoms with van der Waals surface area (Å²) in [5.74, 6) is 0.478. The van der Waals surface area contributed by atoms with Gasteiger partial charge in [-0.25, -0.2) is 0 Å². The van der Waals surface area contributed by atoms with Crippen molar-refractivity contribution in [2.24, 2.45) is 5.92 Å². The van der Waals surface area contributed by atoms with Gasteiger partial charge in [-0.05, 0) is 37.8 Å². The molecule has 1 atom stereocenters. The van der Waals surface area contributed by atoms with Crippen LogP contribution in [-0.2, 0) is 4.79 Å². The van der Waals surface area contributed by atoms with Crippen LogP contribution in [0.4, 0.5) is 0 Å². The third-order valence-corrected chi connectivity index (χ3v) is 3.17. The van der Waals surface area contributed by atoms with Gasteiger partial charge >= 0.3 is 0 Å². The number of ketones is 1. The second kappa shape index (κ2) is 5.62. The fourth-order valence-electron chi connectivity index (χ4n) is 2.06. The third kappa shape index (κ3) is 3.42. The number of hydrogen-bond donors (Lipinski definition) is 0. The quantitative estimate of drug-likeness (QED) is 0.763. The minimum atomic E-state index is 0.196. The number of carbonyl (C=O) groups excluding carboxylic acids is 1. The summed E-state index contributed by atoms with van der Waals surface area (Å²) in [6.45, 7) is 2.08. The molecule has 0 saturated heterocycles. The molecule has 1 aromatic carbocycles. The number of aryl methyl sites for hydroxylation is 1. The van der Waals surface area contributed by atoms with Crippen LogP contribution in [0.2, 0.25) is 0 Å². The van der Waals surface area contributed by atoms with Gasteiger partial charge in [-0.3, -0.25) is 4.79 Å². The van der Waals surface area contributed by atoms with Gasteiger partial charge in [0.25, 0.3) is 0 Å². The normalized spacial score (nSPS) is 20.1. The van der Waals surface area contributed by atoms with Crippen LogP contribution in [0.1, 0.15) is 30.4 Å². The highest BCUT2D eigenvalue weighted by Crippen LogP contribution is 2.19. The molecule has 0 fully saturated rings. The maximum absolute atomic E-state index is 11.6. The minimum Gasteiger partial charge on any atom is -0.295 e. The van der Waals surface area contributed by atoms with Crippen LogP contribution in [-0.4, -0.2) is 5.78 Å². The first kappa shape index (κ1) is 11.8. The molecule has 0 amide bonds. The van der Waals surface area contributed by atoms with Gasteiger partial charge in [-0.15, -0.1) is 0 Å². The summed E-state index contributed by atoms with van der Waals surface area (Å²) < 4.78 is 0. The zero-order valence-corrected chi connectivity index (χ0v) is 10.2. The highest BCUT2D eigenvalue weighted by molar-refractivity contribution is 5.92. The Balaban J connectivity index is 1.91. The molecule has 0 radical (unpaired) electrons. The predicted octanol–water partition coefficient (Wildman–Crippen LogP) is 3.93. The average molecular weight is 226 g/mol. The zero-order valence-electron chi connectivity index (χ0n) is 10.2. The zero-order chi connectivity index (χ0) is 12.1. The number of carbonyl (C=O) groups is 1. The topological polar surface area (TPSA) is 17.1 Å². The Hall–Kier alpha value is -1.63. The smallest absolute Gasteiger partial charge is 0.158 e. The van der Waals surface area contributed by atoms with Crippen molar-refractivity contribution in [2.45, 2.75) is 26.2 Å². The van der Waals surface area contributed by atoms with Crippen LogP contribution in [0, 0.1) is 12.8 Å². The van der Waals surface area contributed by atoms with Crippen molar-refractivity contribution in [3.05, 3.63) is 53.6 Å². The second-order valence-corrected chi connectivity index (χ2v) is 4.63. The van der Waals surface area contributed by atoms with E-state index in [9.17, 15) is 4.79 Å². The summed E-state index contributed by atoms with van der Waals surface area (Å²) in [5.41, 5.74) is 2.48. The van der Waals surface area contributed by atoms with E-state index in [-0.39, 0.29) is 11.7 Å².